The summed E-state index contributed by atoms with van der Waals surface area (Å²) in [6, 6.07) is 2.92. The van der Waals surface area contributed by atoms with Crippen LogP contribution >= 0.6 is 12.2 Å². The van der Waals surface area contributed by atoms with Crippen molar-refractivity contribution < 1.29 is 13.2 Å². The zero-order valence-corrected chi connectivity index (χ0v) is 12.8. The van der Waals surface area contributed by atoms with Gasteiger partial charge in [0.05, 0.1) is 11.3 Å². The van der Waals surface area contributed by atoms with Crippen LogP contribution in [0.3, 0.4) is 0 Å². The highest BCUT2D eigenvalue weighted by Gasteiger charge is 2.31. The van der Waals surface area contributed by atoms with Crippen molar-refractivity contribution in [3.8, 4) is 0 Å². The van der Waals surface area contributed by atoms with Crippen molar-refractivity contribution in [3.05, 3.63) is 24.0 Å². The van der Waals surface area contributed by atoms with Crippen LogP contribution in [-0.2, 0) is 14.8 Å². The Morgan fingerprint density at radius 2 is 2.35 bits per heavy atom. The Bertz CT molecular complexity index is 593. The summed E-state index contributed by atoms with van der Waals surface area (Å²) in [7, 11) is -3.60. The lowest BCUT2D eigenvalue weighted by molar-refractivity contribution is 0.0250. The highest BCUT2D eigenvalue weighted by atomic mass is 32.2. The molecule has 1 saturated heterocycles. The molecule has 0 amide bonds. The molecule has 3 N–H and O–H groups in total. The van der Waals surface area contributed by atoms with Crippen LogP contribution in [0, 0.1) is 0 Å². The normalized spacial score (nSPS) is 22.9. The molecule has 0 aromatic carbocycles. The van der Waals surface area contributed by atoms with Gasteiger partial charge in [0.25, 0.3) is 0 Å². The summed E-state index contributed by atoms with van der Waals surface area (Å²) < 4.78 is 32.4. The molecule has 0 bridgehead atoms. The molecule has 1 fully saturated rings. The zero-order valence-electron chi connectivity index (χ0n) is 11.1. The lowest BCUT2D eigenvalue weighted by Gasteiger charge is -2.23. The van der Waals surface area contributed by atoms with Gasteiger partial charge < -0.3 is 10.5 Å². The number of thiocarbonyl (C=S) groups is 1. The molecule has 110 valence electrons. The molecule has 20 heavy (non-hydrogen) atoms. The predicted molar refractivity (Wildman–Crippen MR) is 78.9 cm³/mol. The number of hydrogen-bond donors (Lipinski definition) is 2. The zero-order chi connectivity index (χ0) is 14.8. The summed E-state index contributed by atoms with van der Waals surface area (Å²) >= 11 is 4.77. The van der Waals surface area contributed by atoms with E-state index in [4.69, 9.17) is 22.7 Å². The maximum Gasteiger partial charge on any atom is 0.242 e. The monoisotopic (exact) mass is 315 g/mol. The lowest BCUT2D eigenvalue weighted by atomic mass is 10.0. The third-order valence-corrected chi connectivity index (χ3v) is 4.83. The molecule has 1 unspecified atom stereocenters. The van der Waals surface area contributed by atoms with Crippen LogP contribution < -0.4 is 10.5 Å². The fourth-order valence-electron chi connectivity index (χ4n) is 1.99. The number of ether oxygens (including phenoxy) is 1. The van der Waals surface area contributed by atoms with Gasteiger partial charge in [0.2, 0.25) is 10.0 Å². The minimum absolute atomic E-state index is 0.0825. The standard InChI is InChI=1S/C12H17N3O3S2/c1-12(5-2-6-18-12)8-15-20(16,17)9-3-4-10(11(13)19)14-7-9/h3-4,7,15H,2,5-6,8H2,1H3,(H2,13,19). The van der Waals surface area contributed by atoms with E-state index in [0.717, 1.165) is 12.8 Å². The molecule has 1 aromatic heterocycles. The second-order valence-corrected chi connectivity index (χ2v) is 7.18. The van der Waals surface area contributed by atoms with Crippen molar-refractivity contribution in [3.63, 3.8) is 0 Å². The van der Waals surface area contributed by atoms with Crippen molar-refractivity contribution in [1.82, 2.24) is 9.71 Å². The first kappa shape index (κ1) is 15.3. The fraction of sp³-hybridized carbons (Fsp3) is 0.500. The molecule has 8 heteroatoms. The summed E-state index contributed by atoms with van der Waals surface area (Å²) in [6.45, 7) is 2.81. The molecular formula is C12H17N3O3S2. The van der Waals surface area contributed by atoms with Crippen LogP contribution in [0.2, 0.25) is 0 Å². The topological polar surface area (TPSA) is 94.3 Å². The number of sulfonamides is 1. The number of rotatable bonds is 5. The average Bonchev–Trinajstić information content (AvgIpc) is 2.84. The van der Waals surface area contributed by atoms with Crippen LogP contribution in [0.25, 0.3) is 0 Å². The van der Waals surface area contributed by atoms with Crippen LogP contribution in [-0.4, -0.2) is 37.1 Å². The van der Waals surface area contributed by atoms with Crippen molar-refractivity contribution in [1.29, 1.82) is 0 Å². The van der Waals surface area contributed by atoms with Gasteiger partial charge >= 0.3 is 0 Å². The Hall–Kier alpha value is -1.09. The van der Waals surface area contributed by atoms with Gasteiger partial charge in [-0.25, -0.2) is 13.1 Å². The molecule has 0 aliphatic carbocycles. The number of hydrogen-bond acceptors (Lipinski definition) is 5. The van der Waals surface area contributed by atoms with Crippen LogP contribution in [0.1, 0.15) is 25.5 Å². The SMILES string of the molecule is CC1(CNS(=O)(=O)c2ccc(C(N)=S)nc2)CCCO1. The average molecular weight is 315 g/mol. The minimum atomic E-state index is -3.60. The van der Waals surface area contributed by atoms with Gasteiger partial charge in [-0.15, -0.1) is 0 Å². The van der Waals surface area contributed by atoms with Crippen LogP contribution in [0.4, 0.5) is 0 Å². The summed E-state index contributed by atoms with van der Waals surface area (Å²) in [4.78, 5) is 4.14. The lowest BCUT2D eigenvalue weighted by Crippen LogP contribution is -2.40. The molecule has 1 aliphatic rings. The Morgan fingerprint density at radius 1 is 1.60 bits per heavy atom. The van der Waals surface area contributed by atoms with Gasteiger partial charge in [0.15, 0.2) is 0 Å². The third kappa shape index (κ3) is 3.51. The van der Waals surface area contributed by atoms with Gasteiger partial charge in [0, 0.05) is 19.3 Å². The van der Waals surface area contributed by atoms with Gasteiger partial charge in [-0.1, -0.05) is 12.2 Å². The van der Waals surface area contributed by atoms with E-state index in [1.54, 1.807) is 0 Å². The quantitative estimate of drug-likeness (QED) is 0.771. The first-order valence-corrected chi connectivity index (χ1v) is 8.11. The molecule has 0 spiro atoms. The second-order valence-electron chi connectivity index (χ2n) is 4.97. The molecule has 6 nitrogen and oxygen atoms in total. The van der Waals surface area contributed by atoms with Crippen molar-refractivity contribution in [2.24, 2.45) is 5.73 Å². The Labute approximate surface area is 123 Å². The van der Waals surface area contributed by atoms with Crippen molar-refractivity contribution >= 4 is 27.2 Å². The van der Waals surface area contributed by atoms with Crippen molar-refractivity contribution in [2.75, 3.05) is 13.2 Å². The van der Waals surface area contributed by atoms with Crippen LogP contribution in [0.5, 0.6) is 0 Å². The van der Waals surface area contributed by atoms with E-state index in [1.807, 2.05) is 6.92 Å². The van der Waals surface area contributed by atoms with E-state index < -0.39 is 15.6 Å². The molecule has 2 heterocycles. The third-order valence-electron chi connectivity index (χ3n) is 3.24. The number of nitrogens with two attached hydrogens (primary N) is 1. The molecule has 1 aliphatic heterocycles. The minimum Gasteiger partial charge on any atom is -0.388 e. The summed E-state index contributed by atoms with van der Waals surface area (Å²) in [5, 5.41) is 0. The first-order valence-electron chi connectivity index (χ1n) is 6.22. The molecule has 2 rings (SSSR count). The van der Waals surface area contributed by atoms with Gasteiger partial charge in [-0.2, -0.15) is 0 Å². The van der Waals surface area contributed by atoms with E-state index in [-0.39, 0.29) is 16.4 Å². The van der Waals surface area contributed by atoms with Gasteiger partial charge in [0.1, 0.15) is 9.88 Å². The Kier molecular flexibility index (Phi) is 4.38. The first-order chi connectivity index (χ1) is 9.32. The van der Waals surface area contributed by atoms with E-state index >= 15 is 0 Å². The van der Waals surface area contributed by atoms with E-state index in [0.29, 0.717) is 12.3 Å². The van der Waals surface area contributed by atoms with E-state index in [2.05, 4.69) is 9.71 Å². The van der Waals surface area contributed by atoms with E-state index in [9.17, 15) is 8.42 Å². The Morgan fingerprint density at radius 3 is 2.85 bits per heavy atom. The summed E-state index contributed by atoms with van der Waals surface area (Å²) in [5.41, 5.74) is 5.38. The maximum absolute atomic E-state index is 12.1. The second kappa shape index (κ2) is 5.72. The fourth-order valence-corrected chi connectivity index (χ4v) is 3.21. The predicted octanol–water partition coefficient (Wildman–Crippen LogP) is 0.563. The molecule has 1 atom stereocenters. The number of nitrogens with one attached hydrogen (secondary N) is 1. The summed E-state index contributed by atoms with van der Waals surface area (Å²) in [5.74, 6) is 0. The molecule has 1 aromatic rings. The number of aromatic nitrogens is 1. The summed E-state index contributed by atoms with van der Waals surface area (Å²) in [6.07, 6.45) is 3.03. The van der Waals surface area contributed by atoms with Gasteiger partial charge in [-0.3, -0.25) is 4.98 Å². The van der Waals surface area contributed by atoms with E-state index in [1.165, 1.54) is 18.3 Å². The highest BCUT2D eigenvalue weighted by molar-refractivity contribution is 7.89. The molecule has 0 radical (unpaired) electrons. The highest BCUT2D eigenvalue weighted by Crippen LogP contribution is 2.24. The largest absolute Gasteiger partial charge is 0.388 e. The van der Waals surface area contributed by atoms with Crippen molar-refractivity contribution in [2.45, 2.75) is 30.3 Å². The number of pyridine rings is 1. The molecule has 0 saturated carbocycles. The Balaban J connectivity index is 2.08. The maximum atomic E-state index is 12.1. The smallest absolute Gasteiger partial charge is 0.242 e. The van der Waals surface area contributed by atoms with Gasteiger partial charge in [-0.05, 0) is 31.9 Å². The van der Waals surface area contributed by atoms with Crippen LogP contribution in [0.15, 0.2) is 23.2 Å². The number of nitrogens with zero attached hydrogens (tertiary/aromatic N) is 1. The molecular weight excluding hydrogens is 298 g/mol.